The second-order valence-corrected chi connectivity index (χ2v) is 4.32. The lowest BCUT2D eigenvalue weighted by atomic mass is 10.2. The standard InChI is InChI=1S/C14H19NO4/c1-17-11-4-2-5-12(10-11)18-9-7-15-14(16)13-6-3-8-19-13/h2,4-5,10,13H,3,6-9H2,1H3,(H,15,16). The van der Waals surface area contributed by atoms with Gasteiger partial charge in [0, 0.05) is 12.7 Å². The van der Waals surface area contributed by atoms with Crippen molar-refractivity contribution in [2.45, 2.75) is 18.9 Å². The Hall–Kier alpha value is -1.75. The highest BCUT2D eigenvalue weighted by Crippen LogP contribution is 2.18. The van der Waals surface area contributed by atoms with Crippen molar-refractivity contribution in [3.8, 4) is 11.5 Å². The number of ether oxygens (including phenoxy) is 3. The summed E-state index contributed by atoms with van der Waals surface area (Å²) >= 11 is 0. The fourth-order valence-corrected chi connectivity index (χ4v) is 1.93. The topological polar surface area (TPSA) is 56.8 Å². The van der Waals surface area contributed by atoms with E-state index in [9.17, 15) is 4.79 Å². The molecule has 0 radical (unpaired) electrons. The minimum absolute atomic E-state index is 0.0493. The van der Waals surface area contributed by atoms with E-state index in [1.54, 1.807) is 7.11 Å². The van der Waals surface area contributed by atoms with E-state index in [1.807, 2.05) is 24.3 Å². The van der Waals surface area contributed by atoms with Gasteiger partial charge in [-0.2, -0.15) is 0 Å². The highest BCUT2D eigenvalue weighted by atomic mass is 16.5. The molecule has 1 fully saturated rings. The highest BCUT2D eigenvalue weighted by Gasteiger charge is 2.22. The van der Waals surface area contributed by atoms with E-state index in [0.717, 1.165) is 24.3 Å². The molecular weight excluding hydrogens is 246 g/mol. The van der Waals surface area contributed by atoms with E-state index >= 15 is 0 Å². The molecule has 19 heavy (non-hydrogen) atoms. The Labute approximate surface area is 112 Å². The molecule has 1 saturated heterocycles. The van der Waals surface area contributed by atoms with Crippen LogP contribution in [0.5, 0.6) is 11.5 Å². The van der Waals surface area contributed by atoms with Gasteiger partial charge in [-0.1, -0.05) is 6.07 Å². The number of hydrogen-bond acceptors (Lipinski definition) is 4. The first-order valence-electron chi connectivity index (χ1n) is 6.46. The molecule has 1 aromatic rings. The smallest absolute Gasteiger partial charge is 0.249 e. The van der Waals surface area contributed by atoms with Crippen molar-refractivity contribution in [2.75, 3.05) is 26.9 Å². The van der Waals surface area contributed by atoms with E-state index < -0.39 is 0 Å². The summed E-state index contributed by atoms with van der Waals surface area (Å²) in [4.78, 5) is 11.6. The second kappa shape index (κ2) is 6.99. The third kappa shape index (κ3) is 4.13. The highest BCUT2D eigenvalue weighted by molar-refractivity contribution is 5.80. The van der Waals surface area contributed by atoms with Crippen molar-refractivity contribution in [1.29, 1.82) is 0 Å². The molecule has 1 N–H and O–H groups in total. The molecular formula is C14H19NO4. The van der Waals surface area contributed by atoms with Crippen LogP contribution in [0.3, 0.4) is 0 Å². The molecule has 2 rings (SSSR count). The molecule has 0 saturated carbocycles. The quantitative estimate of drug-likeness (QED) is 0.789. The third-order valence-electron chi connectivity index (χ3n) is 2.93. The van der Waals surface area contributed by atoms with Gasteiger partial charge in [-0.15, -0.1) is 0 Å². The van der Waals surface area contributed by atoms with Gasteiger partial charge < -0.3 is 19.5 Å². The van der Waals surface area contributed by atoms with Crippen LogP contribution in [0.25, 0.3) is 0 Å². The first-order valence-corrected chi connectivity index (χ1v) is 6.46. The fraction of sp³-hybridized carbons (Fsp3) is 0.500. The Kier molecular flexibility index (Phi) is 5.03. The monoisotopic (exact) mass is 265 g/mol. The molecule has 1 amide bonds. The summed E-state index contributed by atoms with van der Waals surface area (Å²) in [5.41, 5.74) is 0. The fourth-order valence-electron chi connectivity index (χ4n) is 1.93. The Morgan fingerprint density at radius 3 is 3.05 bits per heavy atom. The number of benzene rings is 1. The summed E-state index contributed by atoms with van der Waals surface area (Å²) in [5.74, 6) is 1.43. The SMILES string of the molecule is COc1cccc(OCCNC(=O)C2CCCO2)c1. The average Bonchev–Trinajstić information content (AvgIpc) is 2.98. The number of amides is 1. The zero-order chi connectivity index (χ0) is 13.5. The Morgan fingerprint density at radius 1 is 1.47 bits per heavy atom. The van der Waals surface area contributed by atoms with Gasteiger partial charge in [0.25, 0.3) is 0 Å². The van der Waals surface area contributed by atoms with Gasteiger partial charge >= 0.3 is 0 Å². The molecule has 1 heterocycles. The third-order valence-corrected chi connectivity index (χ3v) is 2.93. The van der Waals surface area contributed by atoms with Gasteiger partial charge in [0.15, 0.2) is 0 Å². The van der Waals surface area contributed by atoms with E-state index in [-0.39, 0.29) is 12.0 Å². The lowest BCUT2D eigenvalue weighted by Crippen LogP contribution is -2.36. The van der Waals surface area contributed by atoms with Crippen LogP contribution in [-0.4, -0.2) is 38.9 Å². The maximum Gasteiger partial charge on any atom is 0.249 e. The van der Waals surface area contributed by atoms with E-state index in [2.05, 4.69) is 5.32 Å². The van der Waals surface area contributed by atoms with Gasteiger partial charge in [-0.25, -0.2) is 0 Å². The molecule has 1 atom stereocenters. The van der Waals surface area contributed by atoms with Gasteiger partial charge in [0.05, 0.1) is 13.7 Å². The van der Waals surface area contributed by atoms with Crippen LogP contribution in [0.15, 0.2) is 24.3 Å². The molecule has 0 aliphatic carbocycles. The van der Waals surface area contributed by atoms with Crippen molar-refractivity contribution in [3.63, 3.8) is 0 Å². The predicted octanol–water partition coefficient (Wildman–Crippen LogP) is 1.37. The van der Waals surface area contributed by atoms with Crippen LogP contribution in [0.4, 0.5) is 0 Å². The molecule has 1 unspecified atom stereocenters. The number of methoxy groups -OCH3 is 1. The van der Waals surface area contributed by atoms with Gasteiger partial charge in [-0.05, 0) is 25.0 Å². The van der Waals surface area contributed by atoms with Gasteiger partial charge in [-0.3, -0.25) is 4.79 Å². The van der Waals surface area contributed by atoms with Crippen LogP contribution in [0.2, 0.25) is 0 Å². The zero-order valence-electron chi connectivity index (χ0n) is 11.1. The van der Waals surface area contributed by atoms with Crippen molar-refractivity contribution in [1.82, 2.24) is 5.32 Å². The first-order chi connectivity index (χ1) is 9.29. The van der Waals surface area contributed by atoms with Crippen LogP contribution in [0, 0.1) is 0 Å². The summed E-state index contributed by atoms with van der Waals surface area (Å²) in [7, 11) is 1.61. The van der Waals surface area contributed by atoms with Crippen LogP contribution >= 0.6 is 0 Å². The maximum absolute atomic E-state index is 11.6. The molecule has 1 aromatic carbocycles. The first kappa shape index (κ1) is 13.7. The number of rotatable bonds is 6. The summed E-state index contributed by atoms with van der Waals surface area (Å²) in [6.45, 7) is 1.57. The van der Waals surface area contributed by atoms with Crippen molar-refractivity contribution >= 4 is 5.91 Å². The number of carbonyl (C=O) groups is 1. The van der Waals surface area contributed by atoms with Gasteiger partial charge in [0.1, 0.15) is 24.2 Å². The number of nitrogens with one attached hydrogen (secondary N) is 1. The summed E-state index contributed by atoms with van der Waals surface area (Å²) in [6, 6.07) is 7.37. The number of hydrogen-bond donors (Lipinski definition) is 1. The van der Waals surface area contributed by atoms with Crippen LogP contribution in [-0.2, 0) is 9.53 Å². The molecule has 0 bridgehead atoms. The lowest BCUT2D eigenvalue weighted by molar-refractivity contribution is -0.130. The molecule has 104 valence electrons. The van der Waals surface area contributed by atoms with Crippen LogP contribution < -0.4 is 14.8 Å². The minimum Gasteiger partial charge on any atom is -0.497 e. The van der Waals surface area contributed by atoms with E-state index in [4.69, 9.17) is 14.2 Å². The molecule has 5 nitrogen and oxygen atoms in total. The Balaban J connectivity index is 1.67. The molecule has 1 aliphatic rings. The van der Waals surface area contributed by atoms with Crippen LogP contribution in [0.1, 0.15) is 12.8 Å². The van der Waals surface area contributed by atoms with Gasteiger partial charge in [0.2, 0.25) is 5.91 Å². The number of carbonyl (C=O) groups excluding carboxylic acids is 1. The second-order valence-electron chi connectivity index (χ2n) is 4.32. The average molecular weight is 265 g/mol. The zero-order valence-corrected chi connectivity index (χ0v) is 11.1. The summed E-state index contributed by atoms with van der Waals surface area (Å²) in [6.07, 6.45) is 1.48. The maximum atomic E-state index is 11.6. The lowest BCUT2D eigenvalue weighted by Gasteiger charge is -2.11. The predicted molar refractivity (Wildman–Crippen MR) is 70.5 cm³/mol. The molecule has 0 spiro atoms. The van der Waals surface area contributed by atoms with Crippen molar-refractivity contribution < 1.29 is 19.0 Å². The Bertz CT molecular complexity index is 416. The molecule has 0 aromatic heterocycles. The molecule has 1 aliphatic heterocycles. The molecule has 5 heteroatoms. The van der Waals surface area contributed by atoms with Crippen molar-refractivity contribution in [3.05, 3.63) is 24.3 Å². The van der Waals surface area contributed by atoms with Crippen molar-refractivity contribution in [2.24, 2.45) is 0 Å². The summed E-state index contributed by atoms with van der Waals surface area (Å²) < 4.78 is 15.9. The normalized spacial score (nSPS) is 18.1. The van der Waals surface area contributed by atoms with E-state index in [1.165, 1.54) is 0 Å². The largest absolute Gasteiger partial charge is 0.497 e. The Morgan fingerprint density at radius 2 is 2.32 bits per heavy atom. The van der Waals surface area contributed by atoms with E-state index in [0.29, 0.717) is 19.8 Å². The summed E-state index contributed by atoms with van der Waals surface area (Å²) in [5, 5.41) is 2.80. The minimum atomic E-state index is -0.281.